The van der Waals surface area contributed by atoms with Crippen molar-refractivity contribution < 1.29 is 27.5 Å². The molecule has 0 saturated carbocycles. The van der Waals surface area contributed by atoms with Crippen LogP contribution >= 0.6 is 0 Å². The largest absolute Gasteiger partial charge is 0.469 e. The van der Waals surface area contributed by atoms with Crippen molar-refractivity contribution >= 4 is 11.9 Å². The zero-order valence-electron chi connectivity index (χ0n) is 14.5. The van der Waals surface area contributed by atoms with E-state index in [4.69, 9.17) is 0 Å². The van der Waals surface area contributed by atoms with Gasteiger partial charge in [0.15, 0.2) is 0 Å². The summed E-state index contributed by atoms with van der Waals surface area (Å²) in [6.07, 6.45) is 2.36. The van der Waals surface area contributed by atoms with Gasteiger partial charge >= 0.3 is 5.97 Å². The Hall–Kier alpha value is -2.90. The van der Waals surface area contributed by atoms with Crippen LogP contribution in [-0.4, -0.2) is 47.9 Å². The molecule has 0 N–H and O–H groups in total. The van der Waals surface area contributed by atoms with E-state index in [-0.39, 0.29) is 12.1 Å². The second-order valence-corrected chi connectivity index (χ2v) is 6.43. The molecule has 2 aromatic rings. The molecule has 1 fully saturated rings. The average Bonchev–Trinajstić information content (AvgIpc) is 2.65. The number of methoxy groups -OCH3 is 1. The lowest BCUT2D eigenvalue weighted by atomic mass is 9.94. The van der Waals surface area contributed by atoms with Crippen LogP contribution in [0.25, 0.3) is 11.1 Å². The molecule has 0 aliphatic carbocycles. The Morgan fingerprint density at radius 3 is 2.56 bits per heavy atom. The van der Waals surface area contributed by atoms with E-state index in [1.807, 2.05) is 0 Å². The van der Waals surface area contributed by atoms with Gasteiger partial charge in [0, 0.05) is 30.9 Å². The van der Waals surface area contributed by atoms with Crippen LogP contribution in [-0.2, 0) is 9.53 Å². The minimum Gasteiger partial charge on any atom is -0.469 e. The fourth-order valence-electron chi connectivity index (χ4n) is 3.19. The number of likely N-dealkylation sites (tertiary alicyclic amines) is 1. The first-order chi connectivity index (χ1) is 12.8. The number of aromatic nitrogens is 1. The smallest absolute Gasteiger partial charge is 0.310 e. The van der Waals surface area contributed by atoms with Crippen LogP contribution < -0.4 is 0 Å². The highest BCUT2D eigenvalue weighted by Crippen LogP contribution is 2.32. The van der Waals surface area contributed by atoms with Gasteiger partial charge in [-0.25, -0.2) is 13.2 Å². The predicted molar refractivity (Wildman–Crippen MR) is 90.6 cm³/mol. The van der Waals surface area contributed by atoms with E-state index >= 15 is 0 Å². The molecule has 0 spiro atoms. The zero-order valence-corrected chi connectivity index (χ0v) is 14.5. The summed E-state index contributed by atoms with van der Waals surface area (Å²) in [7, 11) is 1.11. The standard InChI is InChI=1S/C19H17F3N2O3/c1-27-18(26)15-9-19(21,22)11-24(10-15)17(25)14-6-13(7-16(20)8-14)12-2-4-23-5-3-12/h2-8,15H,9-11H2,1H3. The van der Waals surface area contributed by atoms with E-state index in [2.05, 4.69) is 9.72 Å². The number of carbonyl (C=O) groups is 2. The number of carbonyl (C=O) groups excluding carboxylic acids is 2. The van der Waals surface area contributed by atoms with E-state index in [0.29, 0.717) is 11.1 Å². The van der Waals surface area contributed by atoms with Gasteiger partial charge in [-0.15, -0.1) is 0 Å². The maximum absolute atomic E-state index is 14.0. The third-order valence-corrected chi connectivity index (χ3v) is 4.39. The maximum atomic E-state index is 14.0. The van der Waals surface area contributed by atoms with Gasteiger partial charge in [-0.3, -0.25) is 14.6 Å². The first-order valence-corrected chi connectivity index (χ1v) is 8.25. The van der Waals surface area contributed by atoms with Gasteiger partial charge in [-0.1, -0.05) is 0 Å². The Labute approximate surface area is 153 Å². The number of amides is 1. The van der Waals surface area contributed by atoms with Crippen LogP contribution in [0, 0.1) is 11.7 Å². The topological polar surface area (TPSA) is 59.5 Å². The Morgan fingerprint density at radius 1 is 1.19 bits per heavy atom. The fraction of sp³-hybridized carbons (Fsp3) is 0.316. The summed E-state index contributed by atoms with van der Waals surface area (Å²) in [5.74, 6) is -6.59. The van der Waals surface area contributed by atoms with Crippen molar-refractivity contribution in [3.63, 3.8) is 0 Å². The molecule has 1 saturated heterocycles. The number of hydrogen-bond donors (Lipinski definition) is 0. The average molecular weight is 378 g/mol. The normalized spacial score (nSPS) is 18.8. The van der Waals surface area contributed by atoms with Crippen molar-refractivity contribution in [3.05, 3.63) is 54.1 Å². The molecule has 0 bridgehead atoms. The molecular weight excluding hydrogens is 361 g/mol. The molecule has 1 aliphatic heterocycles. The van der Waals surface area contributed by atoms with E-state index in [0.717, 1.165) is 18.1 Å². The monoisotopic (exact) mass is 378 g/mol. The van der Waals surface area contributed by atoms with Crippen molar-refractivity contribution in [1.29, 1.82) is 0 Å². The van der Waals surface area contributed by atoms with Crippen LogP contribution in [0.2, 0.25) is 0 Å². The molecule has 1 aliphatic rings. The third kappa shape index (κ3) is 4.27. The molecule has 5 nitrogen and oxygen atoms in total. The molecule has 1 atom stereocenters. The SMILES string of the molecule is COC(=O)C1CN(C(=O)c2cc(F)cc(-c3ccncc3)c2)CC(F)(F)C1. The van der Waals surface area contributed by atoms with E-state index < -0.39 is 42.5 Å². The lowest BCUT2D eigenvalue weighted by Gasteiger charge is -2.36. The second kappa shape index (κ2) is 7.38. The lowest BCUT2D eigenvalue weighted by Crippen LogP contribution is -2.51. The minimum absolute atomic E-state index is 0.0665. The Morgan fingerprint density at radius 2 is 1.89 bits per heavy atom. The number of ether oxygens (including phenoxy) is 1. The van der Waals surface area contributed by atoms with Gasteiger partial charge in [0.1, 0.15) is 5.82 Å². The van der Waals surface area contributed by atoms with Gasteiger partial charge in [0.25, 0.3) is 11.8 Å². The van der Waals surface area contributed by atoms with E-state index in [9.17, 15) is 22.8 Å². The molecule has 27 heavy (non-hydrogen) atoms. The fourth-order valence-corrected chi connectivity index (χ4v) is 3.19. The number of hydrogen-bond acceptors (Lipinski definition) is 4. The molecule has 1 unspecified atom stereocenters. The Balaban J connectivity index is 1.91. The number of esters is 1. The summed E-state index contributed by atoms with van der Waals surface area (Å²) in [5.41, 5.74) is 0.993. The molecule has 1 aromatic carbocycles. The molecule has 1 amide bonds. The van der Waals surface area contributed by atoms with Crippen LogP contribution in [0.1, 0.15) is 16.8 Å². The number of alkyl halides is 2. The lowest BCUT2D eigenvalue weighted by molar-refractivity contribution is -0.154. The van der Waals surface area contributed by atoms with Crippen molar-refractivity contribution in [2.75, 3.05) is 20.2 Å². The summed E-state index contributed by atoms with van der Waals surface area (Å²) in [6, 6.07) is 6.96. The number of nitrogens with zero attached hydrogens (tertiary/aromatic N) is 2. The highest BCUT2D eigenvalue weighted by Gasteiger charge is 2.45. The van der Waals surface area contributed by atoms with Gasteiger partial charge in [-0.05, 0) is 41.5 Å². The highest BCUT2D eigenvalue weighted by molar-refractivity contribution is 5.96. The Bertz CT molecular complexity index is 859. The second-order valence-electron chi connectivity index (χ2n) is 6.43. The van der Waals surface area contributed by atoms with Crippen molar-refractivity contribution in [2.24, 2.45) is 5.92 Å². The predicted octanol–water partition coefficient (Wildman–Crippen LogP) is 3.16. The van der Waals surface area contributed by atoms with Crippen LogP contribution in [0.5, 0.6) is 0 Å². The van der Waals surface area contributed by atoms with E-state index in [1.165, 1.54) is 24.5 Å². The minimum atomic E-state index is -3.23. The molecule has 1 aromatic heterocycles. The summed E-state index contributed by atoms with van der Waals surface area (Å²) in [5, 5.41) is 0. The zero-order chi connectivity index (χ0) is 19.6. The van der Waals surface area contributed by atoms with Crippen LogP contribution in [0.4, 0.5) is 13.2 Å². The van der Waals surface area contributed by atoms with Gasteiger partial charge < -0.3 is 9.64 Å². The van der Waals surface area contributed by atoms with Gasteiger partial charge in [0.2, 0.25) is 0 Å². The van der Waals surface area contributed by atoms with Gasteiger partial charge in [-0.2, -0.15) is 0 Å². The number of halogens is 3. The molecule has 3 rings (SSSR count). The number of rotatable bonds is 3. The Kier molecular flexibility index (Phi) is 5.16. The summed E-state index contributed by atoms with van der Waals surface area (Å²) in [4.78, 5) is 29.2. The third-order valence-electron chi connectivity index (χ3n) is 4.39. The quantitative estimate of drug-likeness (QED) is 0.770. The highest BCUT2D eigenvalue weighted by atomic mass is 19.3. The molecule has 0 radical (unpaired) electrons. The number of pyridine rings is 1. The molecule has 142 valence electrons. The first kappa shape index (κ1) is 18.9. The van der Waals surface area contributed by atoms with Crippen molar-refractivity contribution in [3.8, 4) is 11.1 Å². The van der Waals surface area contributed by atoms with Crippen molar-refractivity contribution in [1.82, 2.24) is 9.88 Å². The number of benzene rings is 1. The number of piperidine rings is 1. The van der Waals surface area contributed by atoms with Crippen molar-refractivity contribution in [2.45, 2.75) is 12.3 Å². The van der Waals surface area contributed by atoms with E-state index in [1.54, 1.807) is 12.1 Å². The molecule has 8 heteroatoms. The van der Waals surface area contributed by atoms with Crippen LogP contribution in [0.3, 0.4) is 0 Å². The summed E-state index contributed by atoms with van der Waals surface area (Å²) < 4.78 is 46.6. The molecule has 2 heterocycles. The summed E-state index contributed by atoms with van der Waals surface area (Å²) >= 11 is 0. The molecular formula is C19H17F3N2O3. The van der Waals surface area contributed by atoms with Gasteiger partial charge in [0.05, 0.1) is 19.6 Å². The first-order valence-electron chi connectivity index (χ1n) is 8.25. The summed E-state index contributed by atoms with van der Waals surface area (Å²) in [6.45, 7) is -1.04. The maximum Gasteiger partial charge on any atom is 0.310 e. The van der Waals surface area contributed by atoms with Crippen LogP contribution in [0.15, 0.2) is 42.7 Å².